The fourth-order valence-corrected chi connectivity index (χ4v) is 2.23. The highest BCUT2D eigenvalue weighted by molar-refractivity contribution is 5.94. The molecule has 0 amide bonds. The fourth-order valence-electron chi connectivity index (χ4n) is 2.23. The van der Waals surface area contributed by atoms with Crippen molar-refractivity contribution >= 4 is 11.5 Å². The third-order valence-corrected chi connectivity index (χ3v) is 3.31. The van der Waals surface area contributed by atoms with Gasteiger partial charge in [-0.2, -0.15) is 0 Å². The highest BCUT2D eigenvalue weighted by atomic mass is 16.5. The van der Waals surface area contributed by atoms with Crippen LogP contribution in [0.1, 0.15) is 37.7 Å². The van der Waals surface area contributed by atoms with E-state index >= 15 is 0 Å². The van der Waals surface area contributed by atoms with Gasteiger partial charge in [0.05, 0.1) is 30.6 Å². The zero-order chi connectivity index (χ0) is 13.2. The van der Waals surface area contributed by atoms with Crippen molar-refractivity contribution < 1.29 is 9.53 Å². The van der Waals surface area contributed by atoms with Crippen LogP contribution in [0.4, 0.5) is 5.69 Å². The molecule has 1 fully saturated rings. The Bertz CT molecular complexity index is 426. The average Bonchev–Trinajstić information content (AvgIpc) is 2.37. The highest BCUT2D eigenvalue weighted by Crippen LogP contribution is 2.26. The Morgan fingerprint density at radius 1 is 1.50 bits per heavy atom. The Balaban J connectivity index is 2.21. The predicted octanol–water partition coefficient (Wildman–Crippen LogP) is 2.29. The van der Waals surface area contributed by atoms with Gasteiger partial charge in [0.25, 0.3) is 0 Å². The standard InChI is InChI=1S/C14H20N2O2/c1-4-13(17)12-6-5-11(9-15-12)16-7-8-18-10-14(16,2)3/h5-6,9H,4,7-8,10H2,1-3H3. The van der Waals surface area contributed by atoms with Gasteiger partial charge in [0.1, 0.15) is 5.69 Å². The van der Waals surface area contributed by atoms with Crippen LogP contribution in [0.3, 0.4) is 0 Å². The lowest BCUT2D eigenvalue weighted by atomic mass is 10.0. The van der Waals surface area contributed by atoms with E-state index in [4.69, 9.17) is 4.74 Å². The minimum absolute atomic E-state index is 0.0315. The summed E-state index contributed by atoms with van der Waals surface area (Å²) in [5.74, 6) is 0.0859. The summed E-state index contributed by atoms with van der Waals surface area (Å²) >= 11 is 0. The van der Waals surface area contributed by atoms with Crippen molar-refractivity contribution in [1.29, 1.82) is 0 Å². The Labute approximate surface area is 108 Å². The first kappa shape index (κ1) is 13.0. The molecule has 1 saturated heterocycles. The number of carbonyl (C=O) groups is 1. The Morgan fingerprint density at radius 3 is 2.83 bits per heavy atom. The number of rotatable bonds is 3. The second-order valence-electron chi connectivity index (χ2n) is 5.20. The lowest BCUT2D eigenvalue weighted by Gasteiger charge is -2.43. The molecule has 4 nitrogen and oxygen atoms in total. The van der Waals surface area contributed by atoms with Gasteiger partial charge in [0.15, 0.2) is 5.78 Å². The van der Waals surface area contributed by atoms with E-state index in [1.165, 1.54) is 0 Å². The van der Waals surface area contributed by atoms with Crippen LogP contribution in [-0.4, -0.2) is 36.1 Å². The maximum atomic E-state index is 11.5. The van der Waals surface area contributed by atoms with E-state index in [0.717, 1.165) is 18.8 Å². The van der Waals surface area contributed by atoms with Crippen LogP contribution in [-0.2, 0) is 4.74 Å². The first-order chi connectivity index (χ1) is 8.54. The fraction of sp³-hybridized carbons (Fsp3) is 0.571. The molecular formula is C14H20N2O2. The van der Waals surface area contributed by atoms with Crippen LogP contribution >= 0.6 is 0 Å². The van der Waals surface area contributed by atoms with Crippen molar-refractivity contribution in [1.82, 2.24) is 4.98 Å². The molecule has 0 aromatic carbocycles. The summed E-state index contributed by atoms with van der Waals surface area (Å²) in [6.45, 7) is 8.45. The molecule has 18 heavy (non-hydrogen) atoms. The van der Waals surface area contributed by atoms with Gasteiger partial charge in [-0.1, -0.05) is 6.92 Å². The molecule has 0 aliphatic carbocycles. The van der Waals surface area contributed by atoms with Gasteiger partial charge in [-0.15, -0.1) is 0 Å². The summed E-state index contributed by atoms with van der Waals surface area (Å²) in [4.78, 5) is 18.1. The summed E-state index contributed by atoms with van der Waals surface area (Å²) in [7, 11) is 0. The van der Waals surface area contributed by atoms with Crippen molar-refractivity contribution in [3.63, 3.8) is 0 Å². The van der Waals surface area contributed by atoms with Gasteiger partial charge in [-0.3, -0.25) is 9.78 Å². The smallest absolute Gasteiger partial charge is 0.180 e. The third-order valence-electron chi connectivity index (χ3n) is 3.31. The van der Waals surface area contributed by atoms with Crippen LogP contribution in [0.5, 0.6) is 0 Å². The summed E-state index contributed by atoms with van der Waals surface area (Å²) in [6.07, 6.45) is 2.28. The average molecular weight is 248 g/mol. The zero-order valence-corrected chi connectivity index (χ0v) is 11.3. The molecule has 1 aromatic heterocycles. The Hall–Kier alpha value is -1.42. The number of hydrogen-bond acceptors (Lipinski definition) is 4. The van der Waals surface area contributed by atoms with Gasteiger partial charge >= 0.3 is 0 Å². The van der Waals surface area contributed by atoms with Gasteiger partial charge in [-0.05, 0) is 26.0 Å². The molecule has 2 rings (SSSR count). The first-order valence-electron chi connectivity index (χ1n) is 6.39. The maximum Gasteiger partial charge on any atom is 0.180 e. The number of carbonyl (C=O) groups excluding carboxylic acids is 1. The molecule has 1 aliphatic rings. The van der Waals surface area contributed by atoms with Crippen molar-refractivity contribution in [2.24, 2.45) is 0 Å². The SMILES string of the molecule is CCC(=O)c1ccc(N2CCOCC2(C)C)cn1. The van der Waals surface area contributed by atoms with Gasteiger partial charge < -0.3 is 9.64 Å². The second-order valence-corrected chi connectivity index (χ2v) is 5.20. The Kier molecular flexibility index (Phi) is 3.66. The van der Waals surface area contributed by atoms with E-state index in [0.29, 0.717) is 18.7 Å². The number of Topliss-reactive ketones (excluding diaryl/α,β-unsaturated/α-hetero) is 1. The molecule has 4 heteroatoms. The summed E-state index contributed by atoms with van der Waals surface area (Å²) in [5, 5.41) is 0. The topological polar surface area (TPSA) is 42.4 Å². The number of aromatic nitrogens is 1. The van der Waals surface area contributed by atoms with Gasteiger partial charge in [0.2, 0.25) is 0 Å². The minimum atomic E-state index is -0.0315. The molecule has 1 aromatic rings. The van der Waals surface area contributed by atoms with Crippen molar-refractivity contribution in [2.45, 2.75) is 32.7 Å². The van der Waals surface area contributed by atoms with Crippen LogP contribution in [0.2, 0.25) is 0 Å². The van der Waals surface area contributed by atoms with E-state index in [2.05, 4.69) is 23.7 Å². The quantitative estimate of drug-likeness (QED) is 0.770. The Morgan fingerprint density at radius 2 is 2.28 bits per heavy atom. The number of ketones is 1. The van der Waals surface area contributed by atoms with Crippen molar-refractivity contribution in [3.05, 3.63) is 24.0 Å². The summed E-state index contributed by atoms with van der Waals surface area (Å²) < 4.78 is 5.50. The molecule has 0 N–H and O–H groups in total. The van der Waals surface area contributed by atoms with E-state index in [1.807, 2.05) is 19.1 Å². The molecule has 2 heterocycles. The number of anilines is 1. The lowest BCUT2D eigenvalue weighted by molar-refractivity contribution is 0.0643. The van der Waals surface area contributed by atoms with E-state index < -0.39 is 0 Å². The predicted molar refractivity (Wildman–Crippen MR) is 71.1 cm³/mol. The largest absolute Gasteiger partial charge is 0.377 e. The molecule has 0 unspecified atom stereocenters. The monoisotopic (exact) mass is 248 g/mol. The second kappa shape index (κ2) is 5.06. The molecule has 0 radical (unpaired) electrons. The van der Waals surface area contributed by atoms with Crippen molar-refractivity contribution in [2.75, 3.05) is 24.7 Å². The van der Waals surface area contributed by atoms with Gasteiger partial charge in [-0.25, -0.2) is 0 Å². The first-order valence-corrected chi connectivity index (χ1v) is 6.39. The normalized spacial score (nSPS) is 18.7. The third kappa shape index (κ3) is 2.53. The van der Waals surface area contributed by atoms with Crippen LogP contribution in [0.25, 0.3) is 0 Å². The molecule has 0 spiro atoms. The molecule has 1 aliphatic heterocycles. The summed E-state index contributed by atoms with van der Waals surface area (Å²) in [5.41, 5.74) is 1.57. The number of hydrogen-bond donors (Lipinski definition) is 0. The molecule has 0 bridgehead atoms. The van der Waals surface area contributed by atoms with E-state index in [1.54, 1.807) is 6.20 Å². The number of ether oxygens (including phenoxy) is 1. The van der Waals surface area contributed by atoms with Gasteiger partial charge in [0, 0.05) is 13.0 Å². The molecule has 98 valence electrons. The van der Waals surface area contributed by atoms with Crippen LogP contribution < -0.4 is 4.90 Å². The zero-order valence-electron chi connectivity index (χ0n) is 11.3. The van der Waals surface area contributed by atoms with Crippen LogP contribution in [0, 0.1) is 0 Å². The molecular weight excluding hydrogens is 228 g/mol. The number of morpholine rings is 1. The van der Waals surface area contributed by atoms with Crippen LogP contribution in [0.15, 0.2) is 18.3 Å². The van der Waals surface area contributed by atoms with Crippen molar-refractivity contribution in [3.8, 4) is 0 Å². The lowest BCUT2D eigenvalue weighted by Crippen LogP contribution is -2.53. The minimum Gasteiger partial charge on any atom is -0.377 e. The molecule has 0 saturated carbocycles. The summed E-state index contributed by atoms with van der Waals surface area (Å²) in [6, 6.07) is 3.79. The number of nitrogens with zero attached hydrogens (tertiary/aromatic N) is 2. The maximum absolute atomic E-state index is 11.5. The highest BCUT2D eigenvalue weighted by Gasteiger charge is 2.30. The molecule has 0 atom stereocenters. The van der Waals surface area contributed by atoms with E-state index in [-0.39, 0.29) is 11.3 Å². The van der Waals surface area contributed by atoms with E-state index in [9.17, 15) is 4.79 Å². The number of pyridine rings is 1.